The second-order valence-electron chi connectivity index (χ2n) is 18.3. The Bertz CT molecular complexity index is 872. The van der Waals surface area contributed by atoms with Crippen LogP contribution in [0.15, 0.2) is 0 Å². The number of hydrogen-bond donors (Lipinski definition) is 0. The second-order valence-corrected chi connectivity index (χ2v) is 18.3. The van der Waals surface area contributed by atoms with Crippen LogP contribution < -0.4 is 0 Å². The third kappa shape index (κ3) is 45.5. The molecule has 0 aromatic heterocycles. The van der Waals surface area contributed by atoms with Crippen molar-refractivity contribution in [3.8, 4) is 0 Å². The molecule has 0 spiro atoms. The second kappa shape index (κ2) is 46.5. The van der Waals surface area contributed by atoms with Gasteiger partial charge in [0, 0.05) is 19.3 Å². The third-order valence-electron chi connectivity index (χ3n) is 11.8. The normalized spacial score (nSPS) is 11.9. The maximum absolute atomic E-state index is 12.8. The van der Waals surface area contributed by atoms with Crippen molar-refractivity contribution >= 4 is 17.9 Å². The summed E-state index contributed by atoms with van der Waals surface area (Å²) in [6.07, 6.45) is 48.0. The molecular weight excluding hydrogens is 721 g/mol. The predicted molar refractivity (Wildman–Crippen MR) is 247 cm³/mol. The number of carbonyl (C=O) groups excluding carboxylic acids is 3. The first-order valence-electron chi connectivity index (χ1n) is 25.9. The molecule has 6 heteroatoms. The third-order valence-corrected chi connectivity index (χ3v) is 11.8. The van der Waals surface area contributed by atoms with E-state index in [1.54, 1.807) is 0 Å². The molecule has 0 aromatic rings. The lowest BCUT2D eigenvalue weighted by Crippen LogP contribution is -2.30. The summed E-state index contributed by atoms with van der Waals surface area (Å²) >= 11 is 0. The Morgan fingerprint density at radius 3 is 0.845 bits per heavy atom. The molecule has 0 radical (unpaired) electrons. The zero-order chi connectivity index (χ0) is 42.4. The molecule has 0 amide bonds. The van der Waals surface area contributed by atoms with Gasteiger partial charge >= 0.3 is 17.9 Å². The summed E-state index contributed by atoms with van der Waals surface area (Å²) in [4.78, 5) is 37.9. The van der Waals surface area contributed by atoms with Gasteiger partial charge in [0.1, 0.15) is 13.2 Å². The molecule has 6 nitrogen and oxygen atoms in total. The van der Waals surface area contributed by atoms with Crippen LogP contribution in [0.5, 0.6) is 0 Å². The van der Waals surface area contributed by atoms with Crippen molar-refractivity contribution in [1.29, 1.82) is 0 Å². The van der Waals surface area contributed by atoms with Gasteiger partial charge in [-0.15, -0.1) is 0 Å². The van der Waals surface area contributed by atoms with Gasteiger partial charge in [0.25, 0.3) is 0 Å². The van der Waals surface area contributed by atoms with E-state index in [0.29, 0.717) is 19.3 Å². The molecule has 0 bridgehead atoms. The summed E-state index contributed by atoms with van der Waals surface area (Å²) in [5, 5.41) is 0. The molecule has 0 fully saturated rings. The van der Waals surface area contributed by atoms with Crippen molar-refractivity contribution in [3.05, 3.63) is 0 Å². The Morgan fingerprint density at radius 1 is 0.328 bits per heavy atom. The first-order valence-corrected chi connectivity index (χ1v) is 25.9. The molecule has 0 aliphatic heterocycles. The number of hydrogen-bond acceptors (Lipinski definition) is 6. The van der Waals surface area contributed by atoms with Crippen molar-refractivity contribution in [2.45, 2.75) is 297 Å². The van der Waals surface area contributed by atoms with E-state index in [0.717, 1.165) is 63.7 Å². The SMILES string of the molecule is CCCCCCCCCCCCCCCCCCC(=O)OC[C@H](COC(=O)CCCCCCCCCCCCC)OC(=O)CCCCCCCCCCCCC(C)C. The van der Waals surface area contributed by atoms with Crippen LogP contribution in [-0.4, -0.2) is 37.2 Å². The zero-order valence-corrected chi connectivity index (χ0v) is 39.5. The van der Waals surface area contributed by atoms with E-state index >= 15 is 0 Å². The number of rotatable bonds is 47. The standard InChI is InChI=1S/C52H100O6/c1-5-7-9-11-13-15-17-18-19-20-21-23-28-32-36-40-44-51(54)57-47-49(46-56-50(53)43-39-35-31-27-22-16-14-12-10-8-6-2)58-52(55)45-41-37-33-29-25-24-26-30-34-38-42-48(3)4/h48-49H,5-47H2,1-4H3/t49-/m0/s1. The van der Waals surface area contributed by atoms with Crippen molar-refractivity contribution in [1.82, 2.24) is 0 Å². The highest BCUT2D eigenvalue weighted by Crippen LogP contribution is 2.17. The quantitative estimate of drug-likeness (QED) is 0.0346. The van der Waals surface area contributed by atoms with Crippen molar-refractivity contribution in [3.63, 3.8) is 0 Å². The van der Waals surface area contributed by atoms with Gasteiger partial charge in [0.2, 0.25) is 0 Å². The molecule has 1 atom stereocenters. The fourth-order valence-electron chi connectivity index (χ4n) is 7.86. The lowest BCUT2D eigenvalue weighted by Gasteiger charge is -2.18. The van der Waals surface area contributed by atoms with Crippen molar-refractivity contribution in [2.24, 2.45) is 5.92 Å². The molecular formula is C52H100O6. The Labute approximate surface area is 361 Å². The van der Waals surface area contributed by atoms with E-state index < -0.39 is 6.10 Å². The maximum atomic E-state index is 12.8. The maximum Gasteiger partial charge on any atom is 0.306 e. The molecule has 0 saturated carbocycles. The first kappa shape index (κ1) is 56.4. The molecule has 0 saturated heterocycles. The van der Waals surface area contributed by atoms with Crippen LogP contribution in [0.25, 0.3) is 0 Å². The van der Waals surface area contributed by atoms with Gasteiger partial charge in [-0.3, -0.25) is 14.4 Å². The first-order chi connectivity index (χ1) is 28.4. The Hall–Kier alpha value is -1.59. The average molecular weight is 821 g/mol. The molecule has 58 heavy (non-hydrogen) atoms. The van der Waals surface area contributed by atoms with Crippen LogP contribution in [0.3, 0.4) is 0 Å². The predicted octanol–water partition coefficient (Wildman–Crippen LogP) is 16.7. The number of esters is 3. The molecule has 0 heterocycles. The van der Waals surface area contributed by atoms with Crippen LogP contribution in [0, 0.1) is 5.92 Å². The molecule has 0 aliphatic rings. The Balaban J connectivity index is 4.29. The summed E-state index contributed by atoms with van der Waals surface area (Å²) in [5.41, 5.74) is 0. The fraction of sp³-hybridized carbons (Fsp3) is 0.942. The van der Waals surface area contributed by atoms with Gasteiger partial charge in [0.05, 0.1) is 0 Å². The van der Waals surface area contributed by atoms with Crippen molar-refractivity contribution in [2.75, 3.05) is 13.2 Å². The van der Waals surface area contributed by atoms with Crippen LogP contribution >= 0.6 is 0 Å². The summed E-state index contributed by atoms with van der Waals surface area (Å²) in [7, 11) is 0. The molecule has 0 rings (SSSR count). The molecule has 0 aliphatic carbocycles. The highest BCUT2D eigenvalue weighted by Gasteiger charge is 2.19. The van der Waals surface area contributed by atoms with Gasteiger partial charge < -0.3 is 14.2 Å². The van der Waals surface area contributed by atoms with E-state index in [2.05, 4.69) is 27.7 Å². The average Bonchev–Trinajstić information content (AvgIpc) is 3.21. The summed E-state index contributed by atoms with van der Waals surface area (Å²) in [6, 6.07) is 0. The molecule has 0 aromatic carbocycles. The number of unbranched alkanes of at least 4 members (excludes halogenated alkanes) is 34. The van der Waals surface area contributed by atoms with E-state index in [4.69, 9.17) is 14.2 Å². The highest BCUT2D eigenvalue weighted by atomic mass is 16.6. The largest absolute Gasteiger partial charge is 0.462 e. The van der Waals surface area contributed by atoms with E-state index in [9.17, 15) is 14.4 Å². The number of carbonyl (C=O) groups is 3. The lowest BCUT2D eigenvalue weighted by atomic mass is 10.0. The zero-order valence-electron chi connectivity index (χ0n) is 39.5. The van der Waals surface area contributed by atoms with Crippen LogP contribution in [0.1, 0.15) is 291 Å². The van der Waals surface area contributed by atoms with Crippen LogP contribution in [0.4, 0.5) is 0 Å². The van der Waals surface area contributed by atoms with Gasteiger partial charge in [-0.25, -0.2) is 0 Å². The van der Waals surface area contributed by atoms with Crippen molar-refractivity contribution < 1.29 is 28.6 Å². The Kier molecular flexibility index (Phi) is 45.2. The van der Waals surface area contributed by atoms with E-state index in [1.807, 2.05) is 0 Å². The minimum Gasteiger partial charge on any atom is -0.462 e. The van der Waals surface area contributed by atoms with Crippen LogP contribution in [0.2, 0.25) is 0 Å². The molecule has 0 unspecified atom stereocenters. The smallest absolute Gasteiger partial charge is 0.306 e. The van der Waals surface area contributed by atoms with Gasteiger partial charge in [-0.05, 0) is 25.2 Å². The Morgan fingerprint density at radius 2 is 0.569 bits per heavy atom. The fourth-order valence-corrected chi connectivity index (χ4v) is 7.86. The lowest BCUT2D eigenvalue weighted by molar-refractivity contribution is -0.167. The monoisotopic (exact) mass is 821 g/mol. The van der Waals surface area contributed by atoms with Gasteiger partial charge in [-0.1, -0.05) is 252 Å². The van der Waals surface area contributed by atoms with E-state index in [-0.39, 0.29) is 31.1 Å². The van der Waals surface area contributed by atoms with Gasteiger partial charge in [-0.2, -0.15) is 0 Å². The molecule has 0 N–H and O–H groups in total. The van der Waals surface area contributed by atoms with E-state index in [1.165, 1.54) is 186 Å². The minimum absolute atomic E-state index is 0.0629. The number of ether oxygens (including phenoxy) is 3. The summed E-state index contributed by atoms with van der Waals surface area (Å²) in [5.74, 6) is -0.0292. The highest BCUT2D eigenvalue weighted by molar-refractivity contribution is 5.71. The topological polar surface area (TPSA) is 78.9 Å². The minimum atomic E-state index is -0.760. The molecule has 344 valence electrons. The summed E-state index contributed by atoms with van der Waals surface area (Å²) < 4.78 is 16.8. The van der Waals surface area contributed by atoms with Gasteiger partial charge in [0.15, 0.2) is 6.10 Å². The summed E-state index contributed by atoms with van der Waals surface area (Å²) in [6.45, 7) is 9.01. The van der Waals surface area contributed by atoms with Crippen LogP contribution in [-0.2, 0) is 28.6 Å².